The Kier molecular flexibility index (Phi) is 4.32. The maximum atomic E-state index is 12.1. The third-order valence-electron chi connectivity index (χ3n) is 4.42. The Labute approximate surface area is 114 Å². The maximum absolute atomic E-state index is 12.1. The molecule has 5 heteroatoms. The minimum Gasteiger partial charge on any atom is -0.480 e. The Morgan fingerprint density at radius 2 is 1.95 bits per heavy atom. The van der Waals surface area contributed by atoms with E-state index in [0.29, 0.717) is 5.92 Å². The standard InChI is InChI=1S/C14H24N2O3/c1-9-4-3-5-11(8-9)16(2)14(19)15-12(13(17)18)10-6-7-10/h9-12H,3-8H2,1-2H3,(H,15,19)(H,17,18). The second-order valence-electron chi connectivity index (χ2n) is 6.14. The van der Waals surface area contributed by atoms with Gasteiger partial charge < -0.3 is 15.3 Å². The van der Waals surface area contributed by atoms with E-state index in [2.05, 4.69) is 12.2 Å². The Hall–Kier alpha value is -1.26. The molecule has 0 saturated heterocycles. The minimum absolute atomic E-state index is 0.125. The second kappa shape index (κ2) is 5.80. The second-order valence-corrected chi connectivity index (χ2v) is 6.14. The predicted octanol–water partition coefficient (Wildman–Crippen LogP) is 2.07. The number of nitrogens with one attached hydrogen (secondary N) is 1. The third-order valence-corrected chi connectivity index (χ3v) is 4.42. The monoisotopic (exact) mass is 268 g/mol. The van der Waals surface area contributed by atoms with E-state index < -0.39 is 12.0 Å². The van der Waals surface area contributed by atoms with Gasteiger partial charge in [0.1, 0.15) is 6.04 Å². The molecule has 5 nitrogen and oxygen atoms in total. The van der Waals surface area contributed by atoms with Gasteiger partial charge in [0.05, 0.1) is 0 Å². The van der Waals surface area contributed by atoms with E-state index in [1.807, 2.05) is 0 Å². The molecule has 2 amide bonds. The molecule has 2 fully saturated rings. The molecule has 3 unspecified atom stereocenters. The Balaban J connectivity index is 1.89. The first kappa shape index (κ1) is 14.2. The number of rotatable bonds is 4. The van der Waals surface area contributed by atoms with E-state index in [-0.39, 0.29) is 18.0 Å². The smallest absolute Gasteiger partial charge is 0.326 e. The van der Waals surface area contributed by atoms with Crippen LogP contribution in [-0.2, 0) is 4.79 Å². The van der Waals surface area contributed by atoms with Crippen LogP contribution in [-0.4, -0.2) is 41.1 Å². The lowest BCUT2D eigenvalue weighted by molar-refractivity contribution is -0.139. The third kappa shape index (κ3) is 3.61. The van der Waals surface area contributed by atoms with Crippen molar-refractivity contribution < 1.29 is 14.7 Å². The summed E-state index contributed by atoms with van der Waals surface area (Å²) in [4.78, 5) is 25.0. The number of aliphatic carboxylic acids is 1. The van der Waals surface area contributed by atoms with Crippen LogP contribution in [0.2, 0.25) is 0 Å². The van der Waals surface area contributed by atoms with Gasteiger partial charge in [-0.25, -0.2) is 9.59 Å². The molecule has 2 aliphatic carbocycles. The van der Waals surface area contributed by atoms with Crippen molar-refractivity contribution in [1.29, 1.82) is 0 Å². The molecule has 0 aliphatic heterocycles. The number of carboxylic acid groups (broad SMARTS) is 1. The summed E-state index contributed by atoms with van der Waals surface area (Å²) in [7, 11) is 1.78. The lowest BCUT2D eigenvalue weighted by atomic mass is 9.86. The first-order valence-electron chi connectivity index (χ1n) is 7.25. The molecule has 108 valence electrons. The van der Waals surface area contributed by atoms with E-state index in [0.717, 1.165) is 32.1 Å². The van der Waals surface area contributed by atoms with Crippen LogP contribution >= 0.6 is 0 Å². The summed E-state index contributed by atoms with van der Waals surface area (Å²) in [6, 6.07) is -0.702. The highest BCUT2D eigenvalue weighted by Crippen LogP contribution is 2.33. The molecule has 2 rings (SSSR count). The van der Waals surface area contributed by atoms with Gasteiger partial charge in [-0.05, 0) is 37.5 Å². The number of carbonyl (C=O) groups excluding carboxylic acids is 1. The molecule has 2 N–H and O–H groups in total. The number of urea groups is 1. The molecule has 2 aliphatic rings. The molecule has 0 spiro atoms. The summed E-state index contributed by atoms with van der Waals surface area (Å²) in [6.45, 7) is 2.21. The van der Waals surface area contributed by atoms with Crippen LogP contribution in [0.25, 0.3) is 0 Å². The molecule has 0 heterocycles. The van der Waals surface area contributed by atoms with Gasteiger partial charge in [-0.3, -0.25) is 0 Å². The lowest BCUT2D eigenvalue weighted by Crippen LogP contribution is -2.51. The van der Waals surface area contributed by atoms with Crippen LogP contribution in [0.15, 0.2) is 0 Å². The number of hydrogen-bond donors (Lipinski definition) is 2. The van der Waals surface area contributed by atoms with Crippen molar-refractivity contribution in [2.75, 3.05) is 7.05 Å². The van der Waals surface area contributed by atoms with Crippen molar-refractivity contribution >= 4 is 12.0 Å². The van der Waals surface area contributed by atoms with Crippen molar-refractivity contribution in [3.8, 4) is 0 Å². The van der Waals surface area contributed by atoms with Crippen molar-refractivity contribution in [2.24, 2.45) is 11.8 Å². The normalized spacial score (nSPS) is 28.5. The molecule has 0 aromatic heterocycles. The fourth-order valence-electron chi connectivity index (χ4n) is 2.97. The highest BCUT2D eigenvalue weighted by atomic mass is 16.4. The maximum Gasteiger partial charge on any atom is 0.326 e. The zero-order chi connectivity index (χ0) is 14.0. The summed E-state index contributed by atoms with van der Waals surface area (Å²) in [5.74, 6) is -0.144. The van der Waals surface area contributed by atoms with Crippen molar-refractivity contribution in [1.82, 2.24) is 10.2 Å². The topological polar surface area (TPSA) is 69.6 Å². The zero-order valence-corrected chi connectivity index (χ0v) is 11.8. The highest BCUT2D eigenvalue weighted by Gasteiger charge is 2.38. The average Bonchev–Trinajstić information content (AvgIpc) is 3.18. The van der Waals surface area contributed by atoms with E-state index in [1.54, 1.807) is 11.9 Å². The van der Waals surface area contributed by atoms with Crippen LogP contribution in [0.3, 0.4) is 0 Å². The fraction of sp³-hybridized carbons (Fsp3) is 0.857. The largest absolute Gasteiger partial charge is 0.480 e. The summed E-state index contributed by atoms with van der Waals surface area (Å²) >= 11 is 0. The number of hydrogen-bond acceptors (Lipinski definition) is 2. The minimum atomic E-state index is -0.915. The zero-order valence-electron chi connectivity index (χ0n) is 11.8. The van der Waals surface area contributed by atoms with Crippen LogP contribution in [0.1, 0.15) is 45.4 Å². The number of amides is 2. The van der Waals surface area contributed by atoms with Gasteiger partial charge in [-0.2, -0.15) is 0 Å². The summed E-state index contributed by atoms with van der Waals surface area (Å²) in [6.07, 6.45) is 6.23. The van der Waals surface area contributed by atoms with Gasteiger partial charge in [-0.15, -0.1) is 0 Å². The summed E-state index contributed by atoms with van der Waals surface area (Å²) in [5.41, 5.74) is 0. The van der Waals surface area contributed by atoms with E-state index >= 15 is 0 Å². The fourth-order valence-corrected chi connectivity index (χ4v) is 2.97. The van der Waals surface area contributed by atoms with Gasteiger partial charge in [0.15, 0.2) is 0 Å². The first-order chi connectivity index (χ1) is 8.99. The SMILES string of the molecule is CC1CCCC(N(C)C(=O)NC(C(=O)O)C2CC2)C1. The Morgan fingerprint density at radius 3 is 2.47 bits per heavy atom. The molecule has 19 heavy (non-hydrogen) atoms. The van der Waals surface area contributed by atoms with Gasteiger partial charge in [0.2, 0.25) is 0 Å². The molecular formula is C14H24N2O3. The van der Waals surface area contributed by atoms with Crippen LogP contribution in [0.5, 0.6) is 0 Å². The lowest BCUT2D eigenvalue weighted by Gasteiger charge is -2.34. The van der Waals surface area contributed by atoms with Crippen molar-refractivity contribution in [3.05, 3.63) is 0 Å². The summed E-state index contributed by atoms with van der Waals surface area (Å²) in [5, 5.41) is 11.8. The molecular weight excluding hydrogens is 244 g/mol. The van der Waals surface area contributed by atoms with Gasteiger partial charge in [0, 0.05) is 13.1 Å². The number of carboxylic acids is 1. The quantitative estimate of drug-likeness (QED) is 0.820. The molecule has 0 radical (unpaired) electrons. The number of nitrogens with zero attached hydrogens (tertiary/aromatic N) is 1. The van der Waals surface area contributed by atoms with Crippen LogP contribution < -0.4 is 5.32 Å². The van der Waals surface area contributed by atoms with E-state index in [4.69, 9.17) is 5.11 Å². The van der Waals surface area contributed by atoms with Crippen LogP contribution in [0.4, 0.5) is 4.79 Å². The first-order valence-corrected chi connectivity index (χ1v) is 7.25. The number of carbonyl (C=O) groups is 2. The Morgan fingerprint density at radius 1 is 1.26 bits per heavy atom. The molecule has 0 aromatic carbocycles. The van der Waals surface area contributed by atoms with Gasteiger partial charge in [-0.1, -0.05) is 19.8 Å². The molecule has 0 bridgehead atoms. The highest BCUT2D eigenvalue weighted by molar-refractivity contribution is 5.83. The molecule has 2 saturated carbocycles. The Bertz CT molecular complexity index is 355. The predicted molar refractivity (Wildman–Crippen MR) is 71.9 cm³/mol. The van der Waals surface area contributed by atoms with Crippen LogP contribution in [0, 0.1) is 11.8 Å². The van der Waals surface area contributed by atoms with Gasteiger partial charge in [0.25, 0.3) is 0 Å². The van der Waals surface area contributed by atoms with E-state index in [9.17, 15) is 9.59 Å². The molecule has 0 aromatic rings. The molecule has 3 atom stereocenters. The van der Waals surface area contributed by atoms with Crippen molar-refractivity contribution in [2.45, 2.75) is 57.5 Å². The average molecular weight is 268 g/mol. The summed E-state index contributed by atoms with van der Waals surface area (Å²) < 4.78 is 0. The van der Waals surface area contributed by atoms with E-state index in [1.165, 1.54) is 6.42 Å². The van der Waals surface area contributed by atoms with Crippen molar-refractivity contribution in [3.63, 3.8) is 0 Å². The van der Waals surface area contributed by atoms with Gasteiger partial charge >= 0.3 is 12.0 Å².